The number of amides is 1. The Morgan fingerprint density at radius 3 is 2.67 bits per heavy atom. The quantitative estimate of drug-likeness (QED) is 0.643. The van der Waals surface area contributed by atoms with E-state index in [0.29, 0.717) is 17.7 Å². The number of carbonyl (C=O) groups excluding carboxylic acids is 1. The van der Waals surface area contributed by atoms with Crippen LogP contribution in [-0.2, 0) is 11.0 Å². The van der Waals surface area contributed by atoms with Gasteiger partial charge in [-0.2, -0.15) is 18.2 Å². The number of halogens is 3. The smallest absolute Gasteiger partial charge is 0.396 e. The summed E-state index contributed by atoms with van der Waals surface area (Å²) in [5.41, 5.74) is 0.617. The molecule has 128 valence electrons. The van der Waals surface area contributed by atoms with E-state index in [2.05, 4.69) is 25.1 Å². The Labute approximate surface area is 134 Å². The molecule has 7 nitrogen and oxygen atoms in total. The van der Waals surface area contributed by atoms with Crippen LogP contribution < -0.4 is 5.32 Å². The Hall–Kier alpha value is -2.91. The van der Waals surface area contributed by atoms with Crippen molar-refractivity contribution in [2.24, 2.45) is 5.16 Å². The number of hydrogen-bond acceptors (Lipinski definition) is 6. The van der Waals surface area contributed by atoms with Crippen molar-refractivity contribution in [3.05, 3.63) is 35.7 Å². The fourth-order valence-corrected chi connectivity index (χ4v) is 1.63. The number of alkyl halides is 3. The van der Waals surface area contributed by atoms with Gasteiger partial charge in [-0.05, 0) is 19.1 Å². The van der Waals surface area contributed by atoms with Crippen molar-refractivity contribution in [3.8, 4) is 11.4 Å². The molecule has 1 aromatic carbocycles. The van der Waals surface area contributed by atoms with E-state index >= 15 is 0 Å². The van der Waals surface area contributed by atoms with Crippen molar-refractivity contribution >= 4 is 12.1 Å². The van der Waals surface area contributed by atoms with Crippen LogP contribution in [0.4, 0.5) is 13.2 Å². The van der Waals surface area contributed by atoms with Crippen molar-refractivity contribution in [1.29, 1.82) is 0 Å². The summed E-state index contributed by atoms with van der Waals surface area (Å²) in [5, 5.41) is 9.41. The van der Waals surface area contributed by atoms with Crippen LogP contribution in [0.25, 0.3) is 11.4 Å². The fourth-order valence-electron chi connectivity index (χ4n) is 1.63. The van der Waals surface area contributed by atoms with Crippen molar-refractivity contribution in [2.75, 3.05) is 13.2 Å². The van der Waals surface area contributed by atoms with Crippen LogP contribution in [-0.4, -0.2) is 35.4 Å². The highest BCUT2D eigenvalue weighted by Crippen LogP contribution is 2.29. The lowest BCUT2D eigenvalue weighted by Crippen LogP contribution is -2.25. The topological polar surface area (TPSA) is 89.6 Å². The molecule has 1 aromatic heterocycles. The van der Waals surface area contributed by atoms with Crippen LogP contribution in [0.5, 0.6) is 0 Å². The molecule has 24 heavy (non-hydrogen) atoms. The number of benzene rings is 1. The van der Waals surface area contributed by atoms with E-state index in [0.717, 1.165) is 0 Å². The molecule has 0 saturated heterocycles. The molecule has 0 spiro atoms. The van der Waals surface area contributed by atoms with Gasteiger partial charge in [0.2, 0.25) is 5.82 Å². The van der Waals surface area contributed by atoms with E-state index in [9.17, 15) is 18.0 Å². The zero-order valence-electron chi connectivity index (χ0n) is 12.5. The van der Waals surface area contributed by atoms with Gasteiger partial charge in [0.15, 0.2) is 0 Å². The number of carbonyl (C=O) groups is 1. The zero-order chi connectivity index (χ0) is 17.6. The highest BCUT2D eigenvalue weighted by molar-refractivity contribution is 5.95. The number of oxime groups is 1. The van der Waals surface area contributed by atoms with E-state index in [1.807, 2.05) is 0 Å². The SMILES string of the molecule is CCON=CCNC(=O)c1ccc(-c2noc(C(F)(F)F)n2)cc1. The standard InChI is InChI=1S/C14H13F3N4O3/c1-2-23-19-8-7-18-12(22)10-5-3-9(4-6-10)11-20-13(24-21-11)14(15,16)17/h3-6,8H,2,7H2,1H3,(H,18,22). The lowest BCUT2D eigenvalue weighted by Gasteiger charge is -2.02. The van der Waals surface area contributed by atoms with Crippen LogP contribution in [0.3, 0.4) is 0 Å². The summed E-state index contributed by atoms with van der Waals surface area (Å²) in [6.07, 6.45) is -3.30. The summed E-state index contributed by atoms with van der Waals surface area (Å²) in [6, 6.07) is 5.73. The molecule has 0 aliphatic carbocycles. The normalized spacial score (nSPS) is 11.7. The Morgan fingerprint density at radius 2 is 2.08 bits per heavy atom. The van der Waals surface area contributed by atoms with Gasteiger partial charge < -0.3 is 14.7 Å². The third kappa shape index (κ3) is 4.54. The van der Waals surface area contributed by atoms with Crippen LogP contribution in [0.15, 0.2) is 33.9 Å². The van der Waals surface area contributed by atoms with Crippen molar-refractivity contribution in [2.45, 2.75) is 13.1 Å². The summed E-state index contributed by atoms with van der Waals surface area (Å²) in [6.45, 7) is 2.39. The molecule has 0 atom stereocenters. The van der Waals surface area contributed by atoms with Crippen LogP contribution in [0.2, 0.25) is 0 Å². The van der Waals surface area contributed by atoms with Gasteiger partial charge in [0.25, 0.3) is 5.91 Å². The molecule has 0 radical (unpaired) electrons. The fraction of sp³-hybridized carbons (Fsp3) is 0.286. The maximum atomic E-state index is 12.4. The number of nitrogens with zero attached hydrogens (tertiary/aromatic N) is 3. The summed E-state index contributed by atoms with van der Waals surface area (Å²) >= 11 is 0. The Morgan fingerprint density at radius 1 is 1.38 bits per heavy atom. The predicted octanol–water partition coefficient (Wildman–Crippen LogP) is 2.51. The van der Waals surface area contributed by atoms with Crippen LogP contribution >= 0.6 is 0 Å². The average molecular weight is 342 g/mol. The molecule has 2 rings (SSSR count). The molecule has 0 fully saturated rings. The van der Waals surface area contributed by atoms with E-state index in [-0.39, 0.29) is 18.3 Å². The summed E-state index contributed by atoms with van der Waals surface area (Å²) in [5.74, 6) is -2.00. The molecule has 0 saturated carbocycles. The Kier molecular flexibility index (Phi) is 5.51. The van der Waals surface area contributed by atoms with Crippen molar-refractivity contribution < 1.29 is 27.3 Å². The minimum atomic E-state index is -4.70. The molecule has 10 heteroatoms. The number of rotatable bonds is 6. The minimum absolute atomic E-state index is 0.181. The monoisotopic (exact) mass is 342 g/mol. The maximum absolute atomic E-state index is 12.4. The molecule has 0 aliphatic rings. The summed E-state index contributed by atoms with van der Waals surface area (Å²) in [7, 11) is 0. The molecule has 0 unspecified atom stereocenters. The number of nitrogens with one attached hydrogen (secondary N) is 1. The van der Waals surface area contributed by atoms with Crippen LogP contribution in [0, 0.1) is 0 Å². The first-order chi connectivity index (χ1) is 11.4. The first-order valence-electron chi connectivity index (χ1n) is 6.85. The molecular weight excluding hydrogens is 329 g/mol. The minimum Gasteiger partial charge on any atom is -0.396 e. The zero-order valence-corrected chi connectivity index (χ0v) is 12.5. The number of hydrogen-bond donors (Lipinski definition) is 1. The Bertz CT molecular complexity index is 711. The van der Waals surface area contributed by atoms with Gasteiger partial charge in [-0.3, -0.25) is 4.79 Å². The maximum Gasteiger partial charge on any atom is 0.471 e. The van der Waals surface area contributed by atoms with Gasteiger partial charge in [0.1, 0.15) is 6.61 Å². The summed E-state index contributed by atoms with van der Waals surface area (Å²) in [4.78, 5) is 19.8. The molecule has 1 amide bonds. The van der Waals surface area contributed by atoms with Crippen LogP contribution in [0.1, 0.15) is 23.2 Å². The second-order valence-corrected chi connectivity index (χ2v) is 4.41. The largest absolute Gasteiger partial charge is 0.471 e. The second kappa shape index (κ2) is 7.57. The lowest BCUT2D eigenvalue weighted by atomic mass is 10.1. The third-order valence-corrected chi connectivity index (χ3v) is 2.71. The molecule has 1 heterocycles. The van der Waals surface area contributed by atoms with E-state index < -0.39 is 12.1 Å². The van der Waals surface area contributed by atoms with Gasteiger partial charge in [-0.15, -0.1) is 0 Å². The molecular formula is C14H13F3N4O3. The third-order valence-electron chi connectivity index (χ3n) is 2.71. The first-order valence-corrected chi connectivity index (χ1v) is 6.85. The van der Waals surface area contributed by atoms with Gasteiger partial charge in [-0.25, -0.2) is 0 Å². The van der Waals surface area contributed by atoms with Gasteiger partial charge in [0, 0.05) is 11.1 Å². The first kappa shape index (κ1) is 17.4. The molecule has 0 bridgehead atoms. The average Bonchev–Trinajstić information content (AvgIpc) is 3.05. The molecule has 0 aliphatic heterocycles. The molecule has 2 aromatic rings. The predicted molar refractivity (Wildman–Crippen MR) is 77.2 cm³/mol. The van der Waals surface area contributed by atoms with E-state index in [1.54, 1.807) is 6.92 Å². The lowest BCUT2D eigenvalue weighted by molar-refractivity contribution is -0.159. The summed E-state index contributed by atoms with van der Waals surface area (Å²) < 4.78 is 41.4. The van der Waals surface area contributed by atoms with E-state index in [4.69, 9.17) is 4.84 Å². The highest BCUT2D eigenvalue weighted by Gasteiger charge is 2.38. The van der Waals surface area contributed by atoms with Crippen molar-refractivity contribution in [1.82, 2.24) is 15.5 Å². The van der Waals surface area contributed by atoms with Crippen molar-refractivity contribution in [3.63, 3.8) is 0 Å². The second-order valence-electron chi connectivity index (χ2n) is 4.41. The number of aromatic nitrogens is 2. The van der Waals surface area contributed by atoms with Gasteiger partial charge in [-0.1, -0.05) is 22.4 Å². The van der Waals surface area contributed by atoms with Gasteiger partial charge >= 0.3 is 12.1 Å². The molecule has 1 N–H and O–H groups in total. The highest BCUT2D eigenvalue weighted by atomic mass is 19.4. The van der Waals surface area contributed by atoms with Gasteiger partial charge in [0.05, 0.1) is 12.8 Å². The Balaban J connectivity index is 2.00. The van der Waals surface area contributed by atoms with E-state index in [1.165, 1.54) is 30.5 Å².